The third-order valence-electron chi connectivity index (χ3n) is 3.27. The largest absolute Gasteiger partial charge is 0.491 e. The molecular weight excluding hydrogens is 357 g/mol. The summed E-state index contributed by atoms with van der Waals surface area (Å²) in [5, 5.41) is 2.16. The fraction of sp³-hybridized carbons (Fsp3) is 0.235. The van der Waals surface area contributed by atoms with E-state index in [1.807, 2.05) is 6.92 Å². The second kappa shape index (κ2) is 7.65. The van der Waals surface area contributed by atoms with E-state index in [1.54, 1.807) is 0 Å². The molecule has 0 saturated carbocycles. The van der Waals surface area contributed by atoms with Gasteiger partial charge in [-0.15, -0.1) is 0 Å². The molecule has 0 aliphatic carbocycles. The Labute approximate surface area is 147 Å². The van der Waals surface area contributed by atoms with Gasteiger partial charge in [0.1, 0.15) is 5.75 Å². The molecule has 0 unspecified atom stereocenters. The first kappa shape index (κ1) is 18.9. The van der Waals surface area contributed by atoms with Gasteiger partial charge in [-0.05, 0) is 42.8 Å². The van der Waals surface area contributed by atoms with Gasteiger partial charge < -0.3 is 15.8 Å². The zero-order chi connectivity index (χ0) is 18.6. The third kappa shape index (κ3) is 4.79. The van der Waals surface area contributed by atoms with Gasteiger partial charge in [0.2, 0.25) is 0 Å². The van der Waals surface area contributed by atoms with Crippen molar-refractivity contribution in [3.05, 3.63) is 52.5 Å². The Morgan fingerprint density at radius 2 is 1.96 bits per heavy atom. The van der Waals surface area contributed by atoms with Crippen LogP contribution in [0.3, 0.4) is 0 Å². The second-order valence-electron chi connectivity index (χ2n) is 5.24. The summed E-state index contributed by atoms with van der Waals surface area (Å²) in [4.78, 5) is 12.2. The number of nitrogen functional groups attached to an aromatic ring is 1. The number of halogens is 4. The highest BCUT2D eigenvalue weighted by atomic mass is 35.5. The minimum atomic E-state index is -4.65. The van der Waals surface area contributed by atoms with Crippen LogP contribution in [0.4, 0.5) is 24.5 Å². The lowest BCUT2D eigenvalue weighted by Gasteiger charge is -2.15. The van der Waals surface area contributed by atoms with Crippen molar-refractivity contribution in [3.63, 3.8) is 0 Å². The summed E-state index contributed by atoms with van der Waals surface area (Å²) in [6, 6.07) is 7.41. The molecule has 0 radical (unpaired) electrons. The van der Waals surface area contributed by atoms with Crippen molar-refractivity contribution in [3.8, 4) is 5.75 Å². The van der Waals surface area contributed by atoms with Crippen LogP contribution in [0.1, 0.15) is 29.3 Å². The molecule has 0 fully saturated rings. The van der Waals surface area contributed by atoms with Gasteiger partial charge in [0.25, 0.3) is 5.91 Å². The number of amides is 1. The first-order valence-corrected chi connectivity index (χ1v) is 7.80. The zero-order valence-corrected chi connectivity index (χ0v) is 14.0. The molecule has 0 atom stereocenters. The molecule has 4 nitrogen and oxygen atoms in total. The van der Waals surface area contributed by atoms with Crippen LogP contribution in [-0.4, -0.2) is 12.5 Å². The molecule has 0 aliphatic heterocycles. The number of ether oxygens (including phenoxy) is 1. The highest BCUT2D eigenvalue weighted by Crippen LogP contribution is 2.36. The third-order valence-corrected chi connectivity index (χ3v) is 3.50. The maximum atomic E-state index is 13.1. The highest BCUT2D eigenvalue weighted by Gasteiger charge is 2.34. The molecular formula is C17H16ClF3N2O2. The van der Waals surface area contributed by atoms with Crippen molar-refractivity contribution in [2.45, 2.75) is 19.5 Å². The number of alkyl halides is 3. The summed E-state index contributed by atoms with van der Waals surface area (Å²) in [5.74, 6) is -0.303. The molecule has 0 heterocycles. The topological polar surface area (TPSA) is 64.3 Å². The number of carbonyl (C=O) groups excluding carboxylic acids is 1. The van der Waals surface area contributed by atoms with Crippen LogP contribution in [0.15, 0.2) is 36.4 Å². The van der Waals surface area contributed by atoms with Gasteiger partial charge in [-0.3, -0.25) is 4.79 Å². The normalized spacial score (nSPS) is 11.2. The smallest absolute Gasteiger partial charge is 0.418 e. The van der Waals surface area contributed by atoms with Crippen LogP contribution in [-0.2, 0) is 6.18 Å². The van der Waals surface area contributed by atoms with Crippen molar-refractivity contribution >= 4 is 28.9 Å². The molecule has 1 amide bonds. The van der Waals surface area contributed by atoms with E-state index in [1.165, 1.54) is 24.3 Å². The minimum Gasteiger partial charge on any atom is -0.491 e. The van der Waals surface area contributed by atoms with E-state index < -0.39 is 17.6 Å². The monoisotopic (exact) mass is 372 g/mol. The van der Waals surface area contributed by atoms with E-state index in [9.17, 15) is 18.0 Å². The van der Waals surface area contributed by atoms with Crippen molar-refractivity contribution in [1.29, 1.82) is 0 Å². The van der Waals surface area contributed by atoms with E-state index in [2.05, 4.69) is 5.32 Å². The van der Waals surface area contributed by atoms with E-state index in [0.717, 1.165) is 18.6 Å². The average Bonchev–Trinajstić information content (AvgIpc) is 2.54. The predicted octanol–water partition coefficient (Wildman–Crippen LogP) is 4.98. The molecule has 2 rings (SSSR count). The number of nitrogens with two attached hydrogens (primary N) is 1. The maximum Gasteiger partial charge on any atom is 0.418 e. The van der Waals surface area contributed by atoms with Crippen molar-refractivity contribution in [2.75, 3.05) is 17.7 Å². The van der Waals surface area contributed by atoms with Gasteiger partial charge in [0, 0.05) is 10.6 Å². The summed E-state index contributed by atoms with van der Waals surface area (Å²) < 4.78 is 44.6. The summed E-state index contributed by atoms with van der Waals surface area (Å²) >= 11 is 5.61. The molecule has 0 aliphatic rings. The molecule has 0 aromatic heterocycles. The van der Waals surface area contributed by atoms with Crippen LogP contribution in [0.25, 0.3) is 0 Å². The first-order valence-electron chi connectivity index (χ1n) is 7.42. The lowest BCUT2D eigenvalue weighted by atomic mass is 10.1. The zero-order valence-electron chi connectivity index (χ0n) is 13.3. The number of anilines is 2. The number of benzene rings is 2. The van der Waals surface area contributed by atoms with E-state index >= 15 is 0 Å². The Kier molecular flexibility index (Phi) is 5.79. The molecule has 0 bridgehead atoms. The summed E-state index contributed by atoms with van der Waals surface area (Å²) in [5.41, 5.74) is 4.75. The fourth-order valence-electron chi connectivity index (χ4n) is 2.09. The van der Waals surface area contributed by atoms with Crippen LogP contribution in [0.2, 0.25) is 5.02 Å². The van der Waals surface area contributed by atoms with Gasteiger partial charge in [0.15, 0.2) is 0 Å². The number of carbonyl (C=O) groups is 1. The summed E-state index contributed by atoms with van der Waals surface area (Å²) in [7, 11) is 0. The molecule has 2 aromatic carbocycles. The maximum absolute atomic E-state index is 13.1. The van der Waals surface area contributed by atoms with E-state index in [-0.39, 0.29) is 22.0 Å². The number of hydrogen-bond donors (Lipinski definition) is 2. The van der Waals surface area contributed by atoms with Gasteiger partial charge in [-0.1, -0.05) is 18.5 Å². The Balaban J connectivity index is 2.24. The number of nitrogens with one attached hydrogen (secondary N) is 1. The standard InChI is InChI=1S/C17H16ClF3N2O2/c1-2-7-25-15-6-3-10(8-13(15)22)16(24)23-14-5-4-11(18)9-12(14)17(19,20)21/h3-6,8-9H,2,7,22H2,1H3,(H,23,24). The van der Waals surface area contributed by atoms with Gasteiger partial charge in [-0.25, -0.2) is 0 Å². The Bertz CT molecular complexity index is 779. The molecule has 2 aromatic rings. The number of rotatable bonds is 5. The first-order chi connectivity index (χ1) is 11.7. The van der Waals surface area contributed by atoms with Gasteiger partial charge >= 0.3 is 6.18 Å². The predicted molar refractivity (Wildman–Crippen MR) is 91.0 cm³/mol. The van der Waals surface area contributed by atoms with E-state index in [4.69, 9.17) is 22.1 Å². The van der Waals surface area contributed by atoms with Crippen LogP contribution < -0.4 is 15.8 Å². The Hall–Kier alpha value is -2.41. The fourth-order valence-corrected chi connectivity index (χ4v) is 2.26. The van der Waals surface area contributed by atoms with E-state index in [0.29, 0.717) is 12.4 Å². The minimum absolute atomic E-state index is 0.0769. The van der Waals surface area contributed by atoms with Crippen LogP contribution in [0.5, 0.6) is 5.75 Å². The lowest BCUT2D eigenvalue weighted by molar-refractivity contribution is -0.136. The average molecular weight is 373 g/mol. The summed E-state index contributed by atoms with van der Waals surface area (Å²) in [6.45, 7) is 2.40. The Morgan fingerprint density at radius 3 is 2.56 bits per heavy atom. The van der Waals surface area contributed by atoms with Crippen molar-refractivity contribution < 1.29 is 22.7 Å². The van der Waals surface area contributed by atoms with Gasteiger partial charge in [-0.2, -0.15) is 13.2 Å². The SMILES string of the molecule is CCCOc1ccc(C(=O)Nc2ccc(Cl)cc2C(F)(F)F)cc1N. The quantitative estimate of drug-likeness (QED) is 0.727. The lowest BCUT2D eigenvalue weighted by Crippen LogP contribution is -2.17. The molecule has 8 heteroatoms. The molecule has 3 N–H and O–H groups in total. The van der Waals surface area contributed by atoms with Crippen molar-refractivity contribution in [1.82, 2.24) is 0 Å². The Morgan fingerprint density at radius 1 is 1.24 bits per heavy atom. The van der Waals surface area contributed by atoms with Crippen molar-refractivity contribution in [2.24, 2.45) is 0 Å². The summed E-state index contributed by atoms with van der Waals surface area (Å²) in [6.07, 6.45) is -3.86. The van der Waals surface area contributed by atoms with Gasteiger partial charge in [0.05, 0.1) is 23.5 Å². The molecule has 134 valence electrons. The van der Waals surface area contributed by atoms with Crippen LogP contribution in [0, 0.1) is 0 Å². The molecule has 0 saturated heterocycles. The number of hydrogen-bond acceptors (Lipinski definition) is 3. The van der Waals surface area contributed by atoms with Crippen LogP contribution >= 0.6 is 11.6 Å². The molecule has 25 heavy (non-hydrogen) atoms. The second-order valence-corrected chi connectivity index (χ2v) is 5.68. The highest BCUT2D eigenvalue weighted by molar-refractivity contribution is 6.30. The molecule has 0 spiro atoms.